The van der Waals surface area contributed by atoms with E-state index in [1.54, 1.807) is 45.4 Å². The van der Waals surface area contributed by atoms with Gasteiger partial charge in [-0.05, 0) is 55.7 Å². The average molecular weight is 453 g/mol. The van der Waals surface area contributed by atoms with E-state index in [1.807, 2.05) is 6.07 Å². The number of fused-ring (bicyclic) bond motifs is 1. The number of rotatable bonds is 4. The lowest BCUT2D eigenvalue weighted by molar-refractivity contribution is -0.138. The van der Waals surface area contributed by atoms with Gasteiger partial charge in [-0.2, -0.15) is 18.3 Å². The van der Waals surface area contributed by atoms with Crippen LogP contribution in [0.3, 0.4) is 0 Å². The van der Waals surface area contributed by atoms with Gasteiger partial charge in [-0.15, -0.1) is 5.10 Å². The molecule has 9 heteroatoms. The zero-order valence-corrected chi connectivity index (χ0v) is 18.5. The number of halogens is 3. The molecular formula is C24H22F3N5O. The van der Waals surface area contributed by atoms with E-state index >= 15 is 0 Å². The smallest absolute Gasteiger partial charge is 0.361 e. The molecule has 0 spiro atoms. The third-order valence-corrected chi connectivity index (χ3v) is 5.71. The van der Waals surface area contributed by atoms with Crippen molar-refractivity contribution in [2.75, 3.05) is 5.32 Å². The fourth-order valence-corrected chi connectivity index (χ4v) is 3.90. The van der Waals surface area contributed by atoms with Crippen molar-refractivity contribution in [2.24, 2.45) is 7.05 Å². The van der Waals surface area contributed by atoms with Crippen molar-refractivity contribution in [2.45, 2.75) is 33.0 Å². The largest absolute Gasteiger partial charge is 0.416 e. The number of aryl methyl sites for hydroxylation is 2. The molecule has 170 valence electrons. The molecule has 0 radical (unpaired) electrons. The Labute approximate surface area is 188 Å². The highest BCUT2D eigenvalue weighted by molar-refractivity contribution is 5.93. The molecule has 0 saturated carbocycles. The van der Waals surface area contributed by atoms with Gasteiger partial charge in [-0.1, -0.05) is 12.1 Å². The first-order valence-corrected chi connectivity index (χ1v) is 10.3. The monoisotopic (exact) mass is 453 g/mol. The van der Waals surface area contributed by atoms with Crippen LogP contribution in [0.4, 0.5) is 19.0 Å². The van der Waals surface area contributed by atoms with Gasteiger partial charge in [0.25, 0.3) is 0 Å². The van der Waals surface area contributed by atoms with Gasteiger partial charge in [-0.3, -0.25) is 9.78 Å². The normalized spacial score (nSPS) is 12.7. The summed E-state index contributed by atoms with van der Waals surface area (Å²) in [5, 5.41) is 12.3. The highest BCUT2D eigenvalue weighted by Gasteiger charge is 2.33. The average Bonchev–Trinajstić information content (AvgIpc) is 2.76. The van der Waals surface area contributed by atoms with Gasteiger partial charge < -0.3 is 9.88 Å². The Morgan fingerprint density at radius 1 is 1.06 bits per heavy atom. The lowest BCUT2D eigenvalue weighted by atomic mass is 9.97. The zero-order valence-electron chi connectivity index (χ0n) is 18.5. The van der Waals surface area contributed by atoms with Crippen LogP contribution in [0.15, 0.2) is 53.6 Å². The van der Waals surface area contributed by atoms with Crippen LogP contribution in [0.2, 0.25) is 0 Å². The van der Waals surface area contributed by atoms with Crippen LogP contribution in [0.1, 0.15) is 35.3 Å². The second-order valence-corrected chi connectivity index (χ2v) is 8.00. The first-order valence-electron chi connectivity index (χ1n) is 10.3. The van der Waals surface area contributed by atoms with Crippen LogP contribution < -0.4 is 10.9 Å². The summed E-state index contributed by atoms with van der Waals surface area (Å²) in [7, 11) is 1.67. The van der Waals surface area contributed by atoms with Gasteiger partial charge in [0.1, 0.15) is 0 Å². The Balaban J connectivity index is 1.77. The van der Waals surface area contributed by atoms with Crippen LogP contribution in [0.5, 0.6) is 0 Å². The van der Waals surface area contributed by atoms with Crippen molar-refractivity contribution in [3.8, 4) is 11.1 Å². The highest BCUT2D eigenvalue weighted by Crippen LogP contribution is 2.36. The van der Waals surface area contributed by atoms with Crippen LogP contribution in [0.25, 0.3) is 22.0 Å². The van der Waals surface area contributed by atoms with Gasteiger partial charge in [-0.25, -0.2) is 0 Å². The summed E-state index contributed by atoms with van der Waals surface area (Å²) in [5.74, 6) is 0.416. The number of nitrogens with zero attached hydrogens (tertiary/aromatic N) is 4. The SMILES string of the molecule is Cc1c([C@@H](C)Nc2nnc(C)c3ncc(-c4ccc(=O)n(C)c4)cc23)cccc1C(F)(F)F. The zero-order chi connectivity index (χ0) is 23.9. The van der Waals surface area contributed by atoms with E-state index in [1.165, 1.54) is 23.6 Å². The van der Waals surface area contributed by atoms with Gasteiger partial charge >= 0.3 is 6.18 Å². The molecule has 1 N–H and O–H groups in total. The molecule has 0 unspecified atom stereocenters. The summed E-state index contributed by atoms with van der Waals surface area (Å²) in [6, 6.07) is 8.77. The molecule has 0 saturated heterocycles. The Bertz CT molecular complexity index is 1410. The van der Waals surface area contributed by atoms with Crippen LogP contribution in [0, 0.1) is 13.8 Å². The standard InChI is InChI=1S/C24H22F3N5O/c1-13-18(6-5-7-20(13)24(25,26)27)14(2)29-23-19-10-17(11-28-22(19)15(3)30-31-23)16-8-9-21(33)32(4)12-16/h5-12,14H,1-4H3,(H,29,31)/t14-/m1/s1. The topological polar surface area (TPSA) is 72.7 Å². The summed E-state index contributed by atoms with van der Waals surface area (Å²) >= 11 is 0. The van der Waals surface area contributed by atoms with Crippen LogP contribution in [-0.2, 0) is 13.2 Å². The van der Waals surface area contributed by atoms with E-state index in [0.29, 0.717) is 28.0 Å². The summed E-state index contributed by atoms with van der Waals surface area (Å²) in [6.07, 6.45) is -1.01. The first-order chi connectivity index (χ1) is 15.6. The quantitative estimate of drug-likeness (QED) is 0.460. The number of alkyl halides is 3. The van der Waals surface area contributed by atoms with Gasteiger partial charge in [0, 0.05) is 36.5 Å². The minimum atomic E-state index is -4.43. The Kier molecular flexibility index (Phi) is 5.65. The number of benzene rings is 1. The first kappa shape index (κ1) is 22.4. The summed E-state index contributed by atoms with van der Waals surface area (Å²) in [4.78, 5) is 16.3. The van der Waals surface area contributed by atoms with Gasteiger partial charge in [0.2, 0.25) is 5.56 Å². The minimum Gasteiger partial charge on any atom is -0.361 e. The molecule has 1 aromatic carbocycles. The molecule has 0 aliphatic rings. The molecule has 4 aromatic rings. The van der Waals surface area contributed by atoms with E-state index in [-0.39, 0.29) is 11.1 Å². The van der Waals surface area contributed by atoms with Crippen molar-refractivity contribution in [3.05, 3.63) is 81.5 Å². The Hall–Kier alpha value is -3.75. The number of hydrogen-bond donors (Lipinski definition) is 1. The van der Waals surface area contributed by atoms with Gasteiger partial charge in [0.15, 0.2) is 5.82 Å². The second-order valence-electron chi connectivity index (χ2n) is 8.00. The summed E-state index contributed by atoms with van der Waals surface area (Å²) in [5.41, 5.74) is 2.74. The molecule has 0 amide bonds. The maximum atomic E-state index is 13.4. The maximum Gasteiger partial charge on any atom is 0.416 e. The Morgan fingerprint density at radius 3 is 2.52 bits per heavy atom. The fraction of sp³-hybridized carbons (Fsp3) is 0.250. The molecule has 4 rings (SSSR count). The molecule has 3 aromatic heterocycles. The number of hydrogen-bond acceptors (Lipinski definition) is 5. The molecule has 0 aliphatic heterocycles. The van der Waals surface area contributed by atoms with Crippen molar-refractivity contribution >= 4 is 16.7 Å². The number of pyridine rings is 2. The molecule has 6 nitrogen and oxygen atoms in total. The van der Waals surface area contributed by atoms with Crippen molar-refractivity contribution in [3.63, 3.8) is 0 Å². The lowest BCUT2D eigenvalue weighted by Gasteiger charge is -2.21. The fourth-order valence-electron chi connectivity index (χ4n) is 3.90. The van der Waals surface area contributed by atoms with Gasteiger partial charge in [0.05, 0.1) is 22.8 Å². The van der Waals surface area contributed by atoms with Crippen LogP contribution in [-0.4, -0.2) is 19.7 Å². The maximum absolute atomic E-state index is 13.4. The predicted octanol–water partition coefficient (Wildman–Crippen LogP) is 5.20. The van der Waals surface area contributed by atoms with Crippen LogP contribution >= 0.6 is 0 Å². The predicted molar refractivity (Wildman–Crippen MR) is 121 cm³/mol. The van der Waals surface area contributed by atoms with Crippen molar-refractivity contribution < 1.29 is 13.2 Å². The molecule has 0 aliphatic carbocycles. The number of aromatic nitrogens is 4. The summed E-state index contributed by atoms with van der Waals surface area (Å²) in [6.45, 7) is 5.03. The lowest BCUT2D eigenvalue weighted by Crippen LogP contribution is -2.15. The molecule has 0 bridgehead atoms. The Morgan fingerprint density at radius 2 is 1.82 bits per heavy atom. The van der Waals surface area contributed by atoms with E-state index in [4.69, 9.17) is 0 Å². The van der Waals surface area contributed by atoms with E-state index < -0.39 is 17.8 Å². The molecule has 1 atom stereocenters. The molecular weight excluding hydrogens is 431 g/mol. The number of nitrogens with one attached hydrogen (secondary N) is 1. The second kappa shape index (κ2) is 8.31. The van der Waals surface area contributed by atoms with Crippen molar-refractivity contribution in [1.82, 2.24) is 19.7 Å². The van der Waals surface area contributed by atoms with E-state index in [9.17, 15) is 18.0 Å². The third kappa shape index (κ3) is 4.30. The third-order valence-electron chi connectivity index (χ3n) is 5.71. The van der Waals surface area contributed by atoms with E-state index in [2.05, 4.69) is 20.5 Å². The van der Waals surface area contributed by atoms with Crippen molar-refractivity contribution in [1.29, 1.82) is 0 Å². The molecule has 3 heterocycles. The number of anilines is 1. The molecule has 33 heavy (non-hydrogen) atoms. The minimum absolute atomic E-state index is 0.123. The molecule has 0 fully saturated rings. The summed E-state index contributed by atoms with van der Waals surface area (Å²) < 4.78 is 41.6. The van der Waals surface area contributed by atoms with E-state index in [0.717, 1.165) is 17.2 Å². The highest BCUT2D eigenvalue weighted by atomic mass is 19.4.